The largest absolute Gasteiger partial charge is 0.321 e. The third kappa shape index (κ3) is 2.99. The van der Waals surface area contributed by atoms with Gasteiger partial charge in [0.2, 0.25) is 5.91 Å². The Morgan fingerprint density at radius 1 is 1.37 bits per heavy atom. The van der Waals surface area contributed by atoms with Gasteiger partial charge in [0.15, 0.2) is 0 Å². The van der Waals surface area contributed by atoms with Gasteiger partial charge < -0.3 is 0 Å². The van der Waals surface area contributed by atoms with Crippen molar-refractivity contribution in [1.82, 2.24) is 9.84 Å². The van der Waals surface area contributed by atoms with Gasteiger partial charge in [0, 0.05) is 25.0 Å². The minimum Gasteiger partial charge on any atom is -0.274 e. The molecule has 1 aliphatic rings. The molecule has 1 N–H and O–H groups in total. The molecule has 0 saturated carbocycles. The molecule has 1 aromatic rings. The second kappa shape index (κ2) is 5.36. The summed E-state index contributed by atoms with van der Waals surface area (Å²) in [6.07, 6.45) is 0.617. The first kappa shape index (κ1) is 14.1. The van der Waals surface area contributed by atoms with Crippen LogP contribution in [0.1, 0.15) is 13.3 Å². The van der Waals surface area contributed by atoms with Crippen molar-refractivity contribution in [3.63, 3.8) is 0 Å². The second-order valence-corrected chi connectivity index (χ2v) is 6.37. The van der Waals surface area contributed by atoms with E-state index in [1.165, 1.54) is 11.2 Å². The predicted octanol–water partition coefficient (Wildman–Crippen LogP) is 1.15. The van der Waals surface area contributed by atoms with Crippen molar-refractivity contribution < 1.29 is 13.2 Å². The fourth-order valence-electron chi connectivity index (χ4n) is 1.89. The lowest BCUT2D eigenvalue weighted by Crippen LogP contribution is -2.56. The lowest BCUT2D eigenvalue weighted by Gasteiger charge is -2.35. The molecule has 1 saturated heterocycles. The lowest BCUT2D eigenvalue weighted by molar-refractivity contribution is -0.121. The van der Waals surface area contributed by atoms with Crippen LogP contribution < -0.4 is 9.73 Å². The topological polar surface area (TPSA) is 69.7 Å². The van der Waals surface area contributed by atoms with Crippen molar-refractivity contribution >= 4 is 33.4 Å². The highest BCUT2D eigenvalue weighted by Gasteiger charge is 2.34. The molecule has 0 spiro atoms. The summed E-state index contributed by atoms with van der Waals surface area (Å²) in [7, 11) is -3.75. The number of nitrogens with zero attached hydrogens (tertiary/aromatic N) is 2. The Balaban J connectivity index is 2.33. The van der Waals surface area contributed by atoms with Gasteiger partial charge in [-0.2, -0.15) is 8.42 Å². The Labute approximate surface area is 117 Å². The van der Waals surface area contributed by atoms with Gasteiger partial charge in [-0.15, -0.1) is 0 Å². The summed E-state index contributed by atoms with van der Waals surface area (Å²) in [5.74, 6) is -0.420. The Bertz CT molecular complexity index is 591. The molecule has 8 heteroatoms. The van der Waals surface area contributed by atoms with Crippen LogP contribution in [-0.4, -0.2) is 31.8 Å². The van der Waals surface area contributed by atoms with Crippen LogP contribution in [0.25, 0.3) is 0 Å². The van der Waals surface area contributed by atoms with Crippen LogP contribution in [0.4, 0.5) is 5.69 Å². The molecule has 0 aromatic heterocycles. The molecule has 19 heavy (non-hydrogen) atoms. The monoisotopic (exact) mass is 303 g/mol. The van der Waals surface area contributed by atoms with Crippen molar-refractivity contribution in [2.24, 2.45) is 0 Å². The van der Waals surface area contributed by atoms with Crippen molar-refractivity contribution in [2.75, 3.05) is 17.4 Å². The van der Waals surface area contributed by atoms with E-state index in [9.17, 15) is 13.2 Å². The highest BCUT2D eigenvalue weighted by molar-refractivity contribution is 7.90. The van der Waals surface area contributed by atoms with Crippen molar-refractivity contribution in [3.05, 3.63) is 29.3 Å². The number of anilines is 1. The normalized spacial score (nSPS) is 19.2. The Morgan fingerprint density at radius 3 is 2.74 bits per heavy atom. The number of benzene rings is 1. The zero-order valence-corrected chi connectivity index (χ0v) is 11.9. The average Bonchev–Trinajstić information content (AvgIpc) is 2.31. The van der Waals surface area contributed by atoms with Gasteiger partial charge in [0.05, 0.1) is 5.69 Å². The highest BCUT2D eigenvalue weighted by atomic mass is 35.5. The SMILES string of the molecule is CC(=O)NN1CCCN(c2cccc(Cl)c2)S1(=O)=O. The number of carbonyl (C=O) groups is 1. The summed E-state index contributed by atoms with van der Waals surface area (Å²) in [6.45, 7) is 1.89. The summed E-state index contributed by atoms with van der Waals surface area (Å²) in [5.41, 5.74) is 2.81. The fraction of sp³-hybridized carbons (Fsp3) is 0.364. The molecule has 0 atom stereocenters. The summed E-state index contributed by atoms with van der Waals surface area (Å²) >= 11 is 5.87. The molecular formula is C11H14ClN3O3S. The molecule has 0 radical (unpaired) electrons. The van der Waals surface area contributed by atoms with E-state index in [1.807, 2.05) is 0 Å². The van der Waals surface area contributed by atoms with E-state index in [2.05, 4.69) is 5.43 Å². The van der Waals surface area contributed by atoms with Crippen molar-refractivity contribution in [1.29, 1.82) is 0 Å². The number of carbonyl (C=O) groups excluding carboxylic acids is 1. The molecular weight excluding hydrogens is 290 g/mol. The molecule has 1 aromatic carbocycles. The number of amides is 1. The van der Waals surface area contributed by atoms with E-state index < -0.39 is 16.1 Å². The first-order chi connectivity index (χ1) is 8.91. The summed E-state index contributed by atoms with van der Waals surface area (Å²) < 4.78 is 26.9. The number of hydrogen-bond acceptors (Lipinski definition) is 3. The molecule has 2 rings (SSSR count). The van der Waals surface area contributed by atoms with Crippen molar-refractivity contribution in [2.45, 2.75) is 13.3 Å². The van der Waals surface area contributed by atoms with E-state index in [-0.39, 0.29) is 6.54 Å². The summed E-state index contributed by atoms with van der Waals surface area (Å²) in [4.78, 5) is 11.0. The Kier molecular flexibility index (Phi) is 3.98. The van der Waals surface area contributed by atoms with Crippen LogP contribution in [0.5, 0.6) is 0 Å². The van der Waals surface area contributed by atoms with Crippen molar-refractivity contribution in [3.8, 4) is 0 Å². The van der Waals surface area contributed by atoms with Gasteiger partial charge in [0.1, 0.15) is 0 Å². The van der Waals surface area contributed by atoms with Crippen LogP contribution in [0.3, 0.4) is 0 Å². The van der Waals surface area contributed by atoms with Crippen LogP contribution in [0.15, 0.2) is 24.3 Å². The molecule has 0 bridgehead atoms. The first-order valence-electron chi connectivity index (χ1n) is 5.74. The molecule has 1 heterocycles. The molecule has 1 fully saturated rings. The van der Waals surface area contributed by atoms with E-state index in [1.54, 1.807) is 24.3 Å². The maximum Gasteiger partial charge on any atom is 0.321 e. The molecule has 6 nitrogen and oxygen atoms in total. The van der Waals surface area contributed by atoms with Crippen LogP contribution in [0, 0.1) is 0 Å². The standard InChI is InChI=1S/C11H14ClN3O3S/c1-9(16)13-15-7-3-6-14(19(15,17)18)11-5-2-4-10(12)8-11/h2,4-5,8H,3,6-7H2,1H3,(H,13,16). The zero-order valence-electron chi connectivity index (χ0n) is 10.3. The van der Waals surface area contributed by atoms with E-state index >= 15 is 0 Å². The van der Waals surface area contributed by atoms with Crippen LogP contribution >= 0.6 is 11.6 Å². The van der Waals surface area contributed by atoms with E-state index in [0.29, 0.717) is 23.7 Å². The second-order valence-electron chi connectivity index (χ2n) is 4.15. The number of nitrogens with one attached hydrogen (secondary N) is 1. The molecule has 0 unspecified atom stereocenters. The minimum atomic E-state index is -3.75. The summed E-state index contributed by atoms with van der Waals surface area (Å²) in [6, 6.07) is 6.61. The smallest absolute Gasteiger partial charge is 0.274 e. The molecule has 0 aliphatic carbocycles. The van der Waals surface area contributed by atoms with Gasteiger partial charge >= 0.3 is 10.2 Å². The number of halogens is 1. The third-order valence-electron chi connectivity index (χ3n) is 2.66. The first-order valence-corrected chi connectivity index (χ1v) is 7.52. The highest BCUT2D eigenvalue weighted by Crippen LogP contribution is 2.25. The molecule has 1 aliphatic heterocycles. The Hall–Kier alpha value is -1.31. The predicted molar refractivity (Wildman–Crippen MR) is 72.9 cm³/mol. The van der Waals surface area contributed by atoms with E-state index in [4.69, 9.17) is 11.6 Å². The molecule has 1 amide bonds. The Morgan fingerprint density at radius 2 is 2.11 bits per heavy atom. The average molecular weight is 304 g/mol. The quantitative estimate of drug-likeness (QED) is 0.891. The maximum absolute atomic E-state index is 12.4. The number of rotatable bonds is 2. The number of hydrogen-bond donors (Lipinski definition) is 1. The van der Waals surface area contributed by atoms with Gasteiger partial charge in [-0.05, 0) is 24.6 Å². The molecule has 104 valence electrons. The van der Waals surface area contributed by atoms with Gasteiger partial charge in [-0.25, -0.2) is 0 Å². The summed E-state index contributed by atoms with van der Waals surface area (Å²) in [5, 5.41) is 0.462. The third-order valence-corrected chi connectivity index (χ3v) is 4.67. The number of hydrazine groups is 1. The zero-order chi connectivity index (χ0) is 14.0. The van der Waals surface area contributed by atoms with Gasteiger partial charge in [-0.3, -0.25) is 14.5 Å². The maximum atomic E-state index is 12.4. The lowest BCUT2D eigenvalue weighted by atomic mass is 10.3. The fourth-order valence-corrected chi connectivity index (χ4v) is 3.66. The van der Waals surface area contributed by atoms with Gasteiger partial charge in [0.25, 0.3) is 0 Å². The minimum absolute atomic E-state index is 0.263. The van der Waals surface area contributed by atoms with Crippen LogP contribution in [-0.2, 0) is 15.0 Å². The van der Waals surface area contributed by atoms with Crippen LogP contribution in [0.2, 0.25) is 5.02 Å². The van der Waals surface area contributed by atoms with Gasteiger partial charge in [-0.1, -0.05) is 22.1 Å². The van der Waals surface area contributed by atoms with E-state index in [0.717, 1.165) is 4.41 Å².